The second-order valence-electron chi connectivity index (χ2n) is 3.45. The summed E-state index contributed by atoms with van der Waals surface area (Å²) in [5, 5.41) is 15.2. The first kappa shape index (κ1) is 12.0. The van der Waals surface area contributed by atoms with E-state index in [4.69, 9.17) is 0 Å². The summed E-state index contributed by atoms with van der Waals surface area (Å²) in [4.78, 5) is 21.8. The van der Waals surface area contributed by atoms with E-state index >= 15 is 0 Å². The minimum absolute atomic E-state index is 0.564. The van der Waals surface area contributed by atoms with Crippen molar-refractivity contribution in [2.45, 2.75) is 19.9 Å². The number of anilines is 1. The summed E-state index contributed by atoms with van der Waals surface area (Å²) in [6.45, 7) is 3.19. The Bertz CT molecular complexity index is 404. The highest BCUT2D eigenvalue weighted by molar-refractivity contribution is 5.92. The van der Waals surface area contributed by atoms with Crippen molar-refractivity contribution >= 4 is 17.7 Å². The maximum absolute atomic E-state index is 11.4. The number of hydrogen-bond donors (Lipinski definition) is 2. The highest BCUT2D eigenvalue weighted by Crippen LogP contribution is 2.12. The lowest BCUT2D eigenvalue weighted by molar-refractivity contribution is -0.307. The first-order valence-electron chi connectivity index (χ1n) is 4.84. The molecule has 5 heteroatoms. The Kier molecular flexibility index (Phi) is 3.88. The van der Waals surface area contributed by atoms with Crippen LogP contribution in [0, 0.1) is 6.92 Å². The summed E-state index contributed by atoms with van der Waals surface area (Å²) >= 11 is 0. The Morgan fingerprint density at radius 2 is 1.94 bits per heavy atom. The van der Waals surface area contributed by atoms with E-state index in [0.29, 0.717) is 5.69 Å². The van der Waals surface area contributed by atoms with E-state index in [2.05, 4.69) is 10.6 Å². The van der Waals surface area contributed by atoms with Gasteiger partial charge in [0.05, 0.1) is 12.0 Å². The Morgan fingerprint density at radius 1 is 1.31 bits per heavy atom. The van der Waals surface area contributed by atoms with E-state index in [1.54, 1.807) is 12.1 Å². The molecule has 86 valence electrons. The van der Waals surface area contributed by atoms with Crippen LogP contribution in [-0.4, -0.2) is 18.0 Å². The molecule has 1 atom stereocenters. The molecule has 2 amide bonds. The van der Waals surface area contributed by atoms with Crippen LogP contribution in [0.5, 0.6) is 0 Å². The van der Waals surface area contributed by atoms with Gasteiger partial charge in [-0.25, -0.2) is 4.79 Å². The number of amides is 2. The molecule has 0 aliphatic rings. The number of rotatable bonds is 3. The van der Waals surface area contributed by atoms with E-state index in [-0.39, 0.29) is 0 Å². The van der Waals surface area contributed by atoms with Gasteiger partial charge >= 0.3 is 6.03 Å². The van der Waals surface area contributed by atoms with Crippen molar-refractivity contribution in [3.63, 3.8) is 0 Å². The summed E-state index contributed by atoms with van der Waals surface area (Å²) in [7, 11) is 0. The third-order valence-corrected chi connectivity index (χ3v) is 2.09. The number of urea groups is 1. The average molecular weight is 221 g/mol. The van der Waals surface area contributed by atoms with Crippen LogP contribution in [0.1, 0.15) is 12.5 Å². The number of aliphatic carboxylic acids is 1. The normalized spacial score (nSPS) is 11.6. The lowest BCUT2D eigenvalue weighted by Gasteiger charge is -2.15. The van der Waals surface area contributed by atoms with Crippen molar-refractivity contribution in [3.05, 3.63) is 29.8 Å². The number of nitrogens with one attached hydrogen (secondary N) is 2. The van der Waals surface area contributed by atoms with Gasteiger partial charge < -0.3 is 20.5 Å². The van der Waals surface area contributed by atoms with E-state index in [9.17, 15) is 14.7 Å². The van der Waals surface area contributed by atoms with Gasteiger partial charge in [-0.15, -0.1) is 0 Å². The average Bonchev–Trinajstić information content (AvgIpc) is 2.21. The largest absolute Gasteiger partial charge is 0.548 e. The third-order valence-electron chi connectivity index (χ3n) is 2.09. The first-order valence-corrected chi connectivity index (χ1v) is 4.84. The highest BCUT2D eigenvalue weighted by Gasteiger charge is 2.08. The van der Waals surface area contributed by atoms with Gasteiger partial charge in [-0.3, -0.25) is 0 Å². The number of benzene rings is 1. The Hall–Kier alpha value is -2.04. The maximum atomic E-state index is 11.4. The van der Waals surface area contributed by atoms with Crippen LogP contribution in [-0.2, 0) is 4.79 Å². The minimum Gasteiger partial charge on any atom is -0.548 e. The number of carboxylic acid groups (broad SMARTS) is 1. The van der Waals surface area contributed by atoms with Crippen LogP contribution < -0.4 is 15.7 Å². The standard InChI is InChI=1S/C11H14N2O3/c1-7-5-3-4-6-9(7)13-11(16)12-8(2)10(14)15/h3-6,8H,1-2H3,(H,14,15)(H2,12,13,16)/p-1/t8-/m0/s1. The second kappa shape index (κ2) is 5.16. The van der Waals surface area contributed by atoms with Crippen LogP contribution >= 0.6 is 0 Å². The Labute approximate surface area is 93.5 Å². The first-order chi connectivity index (χ1) is 7.50. The van der Waals surface area contributed by atoms with Crippen LogP contribution in [0.4, 0.5) is 10.5 Å². The number of carboxylic acids is 1. The van der Waals surface area contributed by atoms with Gasteiger partial charge in [0.2, 0.25) is 0 Å². The predicted molar refractivity (Wildman–Crippen MR) is 57.8 cm³/mol. The molecule has 1 aromatic rings. The fraction of sp³-hybridized carbons (Fsp3) is 0.273. The summed E-state index contributed by atoms with van der Waals surface area (Å²) in [5.41, 5.74) is 1.55. The number of hydrogen-bond acceptors (Lipinski definition) is 3. The molecule has 0 spiro atoms. The summed E-state index contributed by atoms with van der Waals surface area (Å²) in [6.07, 6.45) is 0. The summed E-state index contributed by atoms with van der Waals surface area (Å²) in [6, 6.07) is 5.62. The predicted octanol–water partition coefficient (Wildman–Crippen LogP) is 0.255. The van der Waals surface area contributed by atoms with Gasteiger partial charge in [0, 0.05) is 5.69 Å². The van der Waals surface area contributed by atoms with Crippen molar-refractivity contribution in [1.29, 1.82) is 0 Å². The zero-order valence-electron chi connectivity index (χ0n) is 9.11. The van der Waals surface area contributed by atoms with Gasteiger partial charge in [-0.1, -0.05) is 18.2 Å². The number of para-hydroxylation sites is 1. The Balaban J connectivity index is 2.59. The number of carbonyl (C=O) groups excluding carboxylic acids is 2. The molecule has 0 aliphatic carbocycles. The molecule has 5 nitrogen and oxygen atoms in total. The monoisotopic (exact) mass is 221 g/mol. The van der Waals surface area contributed by atoms with Gasteiger partial charge in [0.25, 0.3) is 0 Å². The van der Waals surface area contributed by atoms with E-state index < -0.39 is 18.0 Å². The van der Waals surface area contributed by atoms with Crippen molar-refractivity contribution in [1.82, 2.24) is 5.32 Å². The molecule has 0 aromatic heterocycles. The van der Waals surface area contributed by atoms with Crippen LogP contribution in [0.25, 0.3) is 0 Å². The molecule has 0 fully saturated rings. The molecule has 16 heavy (non-hydrogen) atoms. The quantitative estimate of drug-likeness (QED) is 0.767. The highest BCUT2D eigenvalue weighted by atomic mass is 16.4. The number of aryl methyl sites for hydroxylation is 1. The smallest absolute Gasteiger partial charge is 0.319 e. The molecule has 0 bridgehead atoms. The van der Waals surface area contributed by atoms with Gasteiger partial charge in [-0.05, 0) is 25.5 Å². The van der Waals surface area contributed by atoms with Crippen LogP contribution in [0.2, 0.25) is 0 Å². The minimum atomic E-state index is -1.32. The third kappa shape index (κ3) is 3.27. The summed E-state index contributed by atoms with van der Waals surface area (Å²) in [5.74, 6) is -1.32. The van der Waals surface area contributed by atoms with Crippen molar-refractivity contribution in [2.75, 3.05) is 5.32 Å². The topological polar surface area (TPSA) is 81.3 Å². The Morgan fingerprint density at radius 3 is 2.50 bits per heavy atom. The van der Waals surface area contributed by atoms with Crippen molar-refractivity contribution < 1.29 is 14.7 Å². The second-order valence-corrected chi connectivity index (χ2v) is 3.45. The molecule has 2 N–H and O–H groups in total. The molecule has 0 heterocycles. The fourth-order valence-corrected chi connectivity index (χ4v) is 1.13. The van der Waals surface area contributed by atoms with Gasteiger partial charge in [-0.2, -0.15) is 0 Å². The van der Waals surface area contributed by atoms with E-state index in [1.165, 1.54) is 6.92 Å². The zero-order valence-corrected chi connectivity index (χ0v) is 9.11. The molecular weight excluding hydrogens is 208 g/mol. The van der Waals surface area contributed by atoms with Crippen molar-refractivity contribution in [3.8, 4) is 0 Å². The van der Waals surface area contributed by atoms with E-state index in [1.807, 2.05) is 19.1 Å². The lowest BCUT2D eigenvalue weighted by Crippen LogP contribution is -2.47. The van der Waals surface area contributed by atoms with Crippen LogP contribution in [0.15, 0.2) is 24.3 Å². The molecular formula is C11H13N2O3-. The molecule has 0 unspecified atom stereocenters. The van der Waals surface area contributed by atoms with Crippen LogP contribution in [0.3, 0.4) is 0 Å². The van der Waals surface area contributed by atoms with Gasteiger partial charge in [0.15, 0.2) is 0 Å². The fourth-order valence-electron chi connectivity index (χ4n) is 1.13. The van der Waals surface area contributed by atoms with Gasteiger partial charge in [0.1, 0.15) is 0 Å². The summed E-state index contributed by atoms with van der Waals surface area (Å²) < 4.78 is 0. The SMILES string of the molecule is Cc1ccccc1NC(=O)N[C@@H](C)C(=O)[O-]. The van der Waals surface area contributed by atoms with Crippen molar-refractivity contribution in [2.24, 2.45) is 0 Å². The molecule has 0 saturated heterocycles. The zero-order chi connectivity index (χ0) is 12.1. The lowest BCUT2D eigenvalue weighted by atomic mass is 10.2. The number of carbonyl (C=O) groups is 2. The van der Waals surface area contributed by atoms with E-state index in [0.717, 1.165) is 5.56 Å². The molecule has 0 aliphatic heterocycles. The molecule has 1 rings (SSSR count). The molecule has 0 radical (unpaired) electrons. The molecule has 0 saturated carbocycles. The molecule has 1 aromatic carbocycles. The maximum Gasteiger partial charge on any atom is 0.319 e.